The number of aromatic amines is 1. The molecule has 4 rings (SSSR count). The summed E-state index contributed by atoms with van der Waals surface area (Å²) in [5.41, 5.74) is 2.95. The first kappa shape index (κ1) is 19.1. The Morgan fingerprint density at radius 2 is 2.11 bits per heavy atom. The number of sulfonamides is 1. The number of rotatable bonds is 3. The Balaban J connectivity index is 1.46. The lowest BCUT2D eigenvalue weighted by molar-refractivity contribution is -0.136. The summed E-state index contributed by atoms with van der Waals surface area (Å²) >= 11 is 0. The van der Waals surface area contributed by atoms with Crippen LogP contribution in [0, 0.1) is 11.7 Å². The zero-order valence-electron chi connectivity index (χ0n) is 15.8. The second kappa shape index (κ2) is 7.33. The van der Waals surface area contributed by atoms with Gasteiger partial charge in [-0.05, 0) is 43.0 Å². The highest BCUT2D eigenvalue weighted by atomic mass is 32.2. The molecule has 150 valence electrons. The van der Waals surface area contributed by atoms with Crippen LogP contribution in [0.4, 0.5) is 4.39 Å². The van der Waals surface area contributed by atoms with Gasteiger partial charge < -0.3 is 9.88 Å². The van der Waals surface area contributed by atoms with Gasteiger partial charge in [0.1, 0.15) is 5.82 Å². The maximum Gasteiger partial charge on any atom is 0.227 e. The molecule has 1 unspecified atom stereocenters. The van der Waals surface area contributed by atoms with Crippen molar-refractivity contribution in [2.75, 3.05) is 32.4 Å². The van der Waals surface area contributed by atoms with Crippen molar-refractivity contribution in [1.29, 1.82) is 0 Å². The summed E-state index contributed by atoms with van der Waals surface area (Å²) in [6.07, 6.45) is 7.29. The molecule has 1 aromatic heterocycles. The smallest absolute Gasteiger partial charge is 0.227 e. The molecule has 1 fully saturated rings. The van der Waals surface area contributed by atoms with Gasteiger partial charge in [0.2, 0.25) is 15.9 Å². The van der Waals surface area contributed by atoms with Crippen LogP contribution >= 0.6 is 0 Å². The normalized spacial score (nSPS) is 21.7. The van der Waals surface area contributed by atoms with Crippen molar-refractivity contribution in [3.63, 3.8) is 0 Å². The summed E-state index contributed by atoms with van der Waals surface area (Å²) < 4.78 is 38.4. The lowest BCUT2D eigenvalue weighted by Gasteiger charge is -2.35. The van der Waals surface area contributed by atoms with Crippen molar-refractivity contribution in [2.24, 2.45) is 5.92 Å². The maximum absolute atomic E-state index is 13.4. The van der Waals surface area contributed by atoms with E-state index in [4.69, 9.17) is 0 Å². The highest BCUT2D eigenvalue weighted by molar-refractivity contribution is 7.88. The van der Waals surface area contributed by atoms with Crippen molar-refractivity contribution < 1.29 is 17.6 Å². The number of hydrogen-bond acceptors (Lipinski definition) is 3. The molecule has 0 saturated carbocycles. The molecule has 8 heteroatoms. The molecule has 2 aromatic rings. The van der Waals surface area contributed by atoms with Crippen LogP contribution < -0.4 is 0 Å². The van der Waals surface area contributed by atoms with E-state index in [9.17, 15) is 17.6 Å². The monoisotopic (exact) mass is 405 g/mol. The van der Waals surface area contributed by atoms with Gasteiger partial charge in [0, 0.05) is 48.8 Å². The fraction of sp³-hybridized carbons (Fsp3) is 0.450. The number of hydrogen-bond donors (Lipinski definition) is 1. The van der Waals surface area contributed by atoms with Crippen molar-refractivity contribution in [3.05, 3.63) is 41.9 Å². The van der Waals surface area contributed by atoms with Gasteiger partial charge in [-0.1, -0.05) is 6.08 Å². The topological polar surface area (TPSA) is 73.5 Å². The third-order valence-electron chi connectivity index (χ3n) is 5.71. The Morgan fingerprint density at radius 3 is 2.82 bits per heavy atom. The van der Waals surface area contributed by atoms with E-state index in [1.54, 1.807) is 6.07 Å². The minimum Gasteiger partial charge on any atom is -0.360 e. The molecule has 3 heterocycles. The van der Waals surface area contributed by atoms with Gasteiger partial charge in [-0.2, -0.15) is 0 Å². The highest BCUT2D eigenvalue weighted by Gasteiger charge is 2.33. The second-order valence-corrected chi connectivity index (χ2v) is 9.60. The van der Waals surface area contributed by atoms with Crippen LogP contribution in [0.2, 0.25) is 0 Å². The van der Waals surface area contributed by atoms with Crippen LogP contribution in [0.5, 0.6) is 0 Å². The van der Waals surface area contributed by atoms with Gasteiger partial charge >= 0.3 is 0 Å². The van der Waals surface area contributed by atoms with E-state index in [2.05, 4.69) is 4.98 Å². The lowest BCUT2D eigenvalue weighted by atomic mass is 9.95. The van der Waals surface area contributed by atoms with E-state index in [-0.39, 0.29) is 24.2 Å². The summed E-state index contributed by atoms with van der Waals surface area (Å²) in [6, 6.07) is 4.71. The predicted octanol–water partition coefficient (Wildman–Crippen LogP) is 2.59. The molecule has 0 aliphatic carbocycles. The van der Waals surface area contributed by atoms with E-state index < -0.39 is 10.0 Å². The van der Waals surface area contributed by atoms with Gasteiger partial charge in [0.15, 0.2) is 0 Å². The van der Waals surface area contributed by atoms with E-state index in [0.29, 0.717) is 26.1 Å². The van der Waals surface area contributed by atoms with Gasteiger partial charge in [0.25, 0.3) is 0 Å². The Labute approximate surface area is 164 Å². The largest absolute Gasteiger partial charge is 0.360 e. The average Bonchev–Trinajstić information content (AvgIpc) is 3.10. The number of nitrogens with zero attached hydrogens (tertiary/aromatic N) is 2. The standard InChI is InChI=1S/C20H24FN3O3S/c1-28(26,27)24-8-2-3-15(13-24)20(25)23-9-6-14(7-10-23)18-12-22-19-11-16(21)4-5-17(18)19/h4-6,11-12,15,22H,2-3,7-10,13H2,1H3. The summed E-state index contributed by atoms with van der Waals surface area (Å²) in [5.74, 6) is -0.509. The quantitative estimate of drug-likeness (QED) is 0.853. The first-order valence-electron chi connectivity index (χ1n) is 9.53. The number of aromatic nitrogens is 1. The third-order valence-corrected chi connectivity index (χ3v) is 6.98. The number of halogens is 1. The summed E-state index contributed by atoms with van der Waals surface area (Å²) in [6.45, 7) is 1.89. The minimum absolute atomic E-state index is 0.0321. The van der Waals surface area contributed by atoms with Crippen LogP contribution in [0.1, 0.15) is 24.8 Å². The maximum atomic E-state index is 13.4. The molecule has 0 bridgehead atoms. The lowest BCUT2D eigenvalue weighted by Crippen LogP contribution is -2.47. The Morgan fingerprint density at radius 1 is 1.29 bits per heavy atom. The van der Waals surface area contributed by atoms with Crippen LogP contribution in [0.15, 0.2) is 30.5 Å². The number of benzene rings is 1. The summed E-state index contributed by atoms with van der Waals surface area (Å²) in [7, 11) is -3.26. The molecule has 1 N–H and O–H groups in total. The molecule has 6 nitrogen and oxygen atoms in total. The number of fused-ring (bicyclic) bond motifs is 1. The van der Waals surface area contributed by atoms with Crippen LogP contribution in [-0.2, 0) is 14.8 Å². The van der Waals surface area contributed by atoms with E-state index in [1.807, 2.05) is 17.2 Å². The first-order valence-corrected chi connectivity index (χ1v) is 11.4. The highest BCUT2D eigenvalue weighted by Crippen LogP contribution is 2.30. The SMILES string of the molecule is CS(=O)(=O)N1CCCC(C(=O)N2CC=C(c3c[nH]c4cc(F)ccc34)CC2)C1. The fourth-order valence-electron chi connectivity index (χ4n) is 4.18. The van der Waals surface area contributed by atoms with Crippen LogP contribution in [-0.4, -0.2) is 60.9 Å². The van der Waals surface area contributed by atoms with Crippen molar-refractivity contribution in [3.8, 4) is 0 Å². The number of carbonyl (C=O) groups is 1. The Bertz CT molecular complexity index is 1040. The van der Waals surface area contributed by atoms with Crippen molar-refractivity contribution in [1.82, 2.24) is 14.2 Å². The first-order chi connectivity index (χ1) is 13.3. The summed E-state index contributed by atoms with van der Waals surface area (Å²) in [5, 5.41) is 0.975. The Hall–Kier alpha value is -2.19. The van der Waals surface area contributed by atoms with Crippen LogP contribution in [0.25, 0.3) is 16.5 Å². The van der Waals surface area contributed by atoms with E-state index in [1.165, 1.54) is 22.7 Å². The van der Waals surface area contributed by atoms with Gasteiger partial charge in [-0.25, -0.2) is 17.1 Å². The van der Waals surface area contributed by atoms with Crippen molar-refractivity contribution in [2.45, 2.75) is 19.3 Å². The van der Waals surface area contributed by atoms with Gasteiger partial charge in [-0.15, -0.1) is 0 Å². The predicted molar refractivity (Wildman–Crippen MR) is 107 cm³/mol. The van der Waals surface area contributed by atoms with Gasteiger partial charge in [-0.3, -0.25) is 4.79 Å². The molecule has 2 aliphatic rings. The van der Waals surface area contributed by atoms with Crippen LogP contribution in [0.3, 0.4) is 0 Å². The zero-order chi connectivity index (χ0) is 19.9. The van der Waals surface area contributed by atoms with Crippen molar-refractivity contribution >= 4 is 32.4 Å². The van der Waals surface area contributed by atoms with Gasteiger partial charge in [0.05, 0.1) is 12.2 Å². The molecule has 28 heavy (non-hydrogen) atoms. The zero-order valence-corrected chi connectivity index (χ0v) is 16.6. The average molecular weight is 405 g/mol. The Kier molecular flexibility index (Phi) is 5.01. The van der Waals surface area contributed by atoms with E-state index >= 15 is 0 Å². The molecule has 0 radical (unpaired) electrons. The third kappa shape index (κ3) is 3.71. The molecule has 1 atom stereocenters. The minimum atomic E-state index is -3.26. The molecule has 1 saturated heterocycles. The molecular weight excluding hydrogens is 381 g/mol. The molecule has 0 spiro atoms. The summed E-state index contributed by atoms with van der Waals surface area (Å²) in [4.78, 5) is 17.8. The fourth-order valence-corrected chi connectivity index (χ4v) is 5.09. The molecule has 1 amide bonds. The molecular formula is C20H24FN3O3S. The molecule has 2 aliphatic heterocycles. The number of nitrogens with one attached hydrogen (secondary N) is 1. The van der Waals surface area contributed by atoms with E-state index in [0.717, 1.165) is 34.9 Å². The number of amides is 1. The number of carbonyl (C=O) groups excluding carboxylic acids is 1. The number of H-pyrrole nitrogens is 1. The molecule has 1 aromatic carbocycles. The second-order valence-electron chi connectivity index (χ2n) is 7.62. The number of piperidine rings is 1.